The van der Waals surface area contributed by atoms with E-state index in [1.807, 2.05) is 39.1 Å². The highest BCUT2D eigenvalue weighted by Gasteiger charge is 2.13. The van der Waals surface area contributed by atoms with Crippen molar-refractivity contribution in [3.05, 3.63) is 46.2 Å². The Morgan fingerprint density at radius 3 is 2.89 bits per heavy atom. The molecule has 0 aliphatic carbocycles. The van der Waals surface area contributed by atoms with Crippen LogP contribution in [0, 0.1) is 6.92 Å². The second-order valence-electron chi connectivity index (χ2n) is 6.68. The van der Waals surface area contributed by atoms with Crippen molar-refractivity contribution in [3.8, 4) is 0 Å². The highest BCUT2D eigenvalue weighted by molar-refractivity contribution is 7.09. The summed E-state index contributed by atoms with van der Waals surface area (Å²) >= 11 is 1.63. The van der Waals surface area contributed by atoms with Crippen LogP contribution in [-0.2, 0) is 17.8 Å². The average molecular weight is 401 g/mol. The largest absolute Gasteiger partial charge is 0.375 e. The Morgan fingerprint density at radius 1 is 1.36 bits per heavy atom. The number of para-hydroxylation sites is 2. The number of nitrogens with one attached hydrogen (secondary N) is 1. The first-order valence-corrected chi connectivity index (χ1v) is 10.2. The molecule has 0 saturated heterocycles. The molecule has 1 aromatic carbocycles. The molecule has 0 bridgehead atoms. The molecule has 7 nitrogen and oxygen atoms in total. The molecule has 0 amide bonds. The van der Waals surface area contributed by atoms with Gasteiger partial charge in [-0.15, -0.1) is 11.3 Å². The van der Waals surface area contributed by atoms with E-state index in [0.717, 1.165) is 46.6 Å². The number of methoxy groups -OCH3 is 1. The summed E-state index contributed by atoms with van der Waals surface area (Å²) in [5, 5.41) is 6.51. The number of fused-ring (bicyclic) bond motifs is 1. The van der Waals surface area contributed by atoms with Gasteiger partial charge in [-0.25, -0.2) is 9.97 Å². The van der Waals surface area contributed by atoms with Crippen molar-refractivity contribution < 1.29 is 4.74 Å². The van der Waals surface area contributed by atoms with E-state index in [-0.39, 0.29) is 6.10 Å². The predicted molar refractivity (Wildman–Crippen MR) is 115 cm³/mol. The molecule has 0 spiro atoms. The number of hydrogen-bond donors (Lipinski definition) is 1. The van der Waals surface area contributed by atoms with Gasteiger partial charge in [0.15, 0.2) is 5.96 Å². The summed E-state index contributed by atoms with van der Waals surface area (Å²) in [6, 6.07) is 8.22. The second-order valence-corrected chi connectivity index (χ2v) is 7.57. The molecule has 0 aliphatic heterocycles. The van der Waals surface area contributed by atoms with Gasteiger partial charge in [0.2, 0.25) is 0 Å². The molecule has 2 aromatic heterocycles. The summed E-state index contributed by atoms with van der Waals surface area (Å²) < 4.78 is 7.57. The maximum Gasteiger partial charge on any atom is 0.193 e. The minimum atomic E-state index is 0.0229. The summed E-state index contributed by atoms with van der Waals surface area (Å²) in [6.45, 7) is 6.34. The van der Waals surface area contributed by atoms with Crippen LogP contribution in [0.4, 0.5) is 0 Å². The van der Waals surface area contributed by atoms with Crippen LogP contribution >= 0.6 is 11.3 Å². The molecule has 3 rings (SSSR count). The fourth-order valence-corrected chi connectivity index (χ4v) is 3.98. The van der Waals surface area contributed by atoms with Crippen LogP contribution in [0.25, 0.3) is 11.0 Å². The molecule has 1 atom stereocenters. The Morgan fingerprint density at radius 2 is 2.14 bits per heavy atom. The van der Waals surface area contributed by atoms with Gasteiger partial charge in [0.25, 0.3) is 0 Å². The van der Waals surface area contributed by atoms with Crippen LogP contribution in [0.3, 0.4) is 0 Å². The zero-order chi connectivity index (χ0) is 20.1. The number of aliphatic imine (C=N–C) groups is 1. The number of rotatable bonds is 7. The number of benzene rings is 1. The smallest absolute Gasteiger partial charge is 0.193 e. The normalized spacial score (nSPS) is 13.1. The van der Waals surface area contributed by atoms with Crippen LogP contribution in [0.2, 0.25) is 0 Å². The van der Waals surface area contributed by atoms with E-state index in [2.05, 4.69) is 41.2 Å². The summed E-state index contributed by atoms with van der Waals surface area (Å²) in [6.07, 6.45) is 0.0229. The number of nitrogens with zero attached hydrogens (tertiary/aromatic N) is 5. The van der Waals surface area contributed by atoms with Gasteiger partial charge in [-0.05, 0) is 26.0 Å². The van der Waals surface area contributed by atoms with E-state index in [1.54, 1.807) is 25.5 Å². The molecule has 0 saturated carbocycles. The molecule has 1 unspecified atom stereocenters. The first kappa shape index (κ1) is 20.3. The fraction of sp³-hybridized carbons (Fsp3) is 0.450. The topological polar surface area (TPSA) is 67.6 Å². The van der Waals surface area contributed by atoms with Crippen molar-refractivity contribution in [1.82, 2.24) is 24.8 Å². The highest BCUT2D eigenvalue weighted by atomic mass is 32.1. The van der Waals surface area contributed by atoms with Crippen LogP contribution < -0.4 is 5.32 Å². The standard InChI is InChI=1S/C20H28N6OS/c1-14(27-5)19-24-16(13-28-19)12-25(4)20(21-3)22-10-11-26-15(2)23-17-8-6-7-9-18(17)26/h6-9,13-14H,10-12H2,1-5H3,(H,21,22). The maximum atomic E-state index is 5.34. The van der Waals surface area contributed by atoms with Crippen LogP contribution in [-0.4, -0.2) is 53.1 Å². The molecular formula is C20H28N6OS. The zero-order valence-corrected chi connectivity index (χ0v) is 18.0. The van der Waals surface area contributed by atoms with Crippen molar-refractivity contribution in [1.29, 1.82) is 0 Å². The summed E-state index contributed by atoms with van der Waals surface area (Å²) in [5.74, 6) is 1.87. The number of guanidine groups is 1. The first-order chi connectivity index (χ1) is 13.5. The van der Waals surface area contributed by atoms with Gasteiger partial charge in [-0.3, -0.25) is 4.99 Å². The van der Waals surface area contributed by atoms with Crippen LogP contribution in [0.15, 0.2) is 34.6 Å². The lowest BCUT2D eigenvalue weighted by Gasteiger charge is -2.21. The Bertz CT molecular complexity index is 947. The molecule has 2 heterocycles. The Hall–Kier alpha value is -2.45. The molecule has 3 aromatic rings. The summed E-state index contributed by atoms with van der Waals surface area (Å²) in [7, 11) is 5.52. The molecule has 8 heteroatoms. The Kier molecular flexibility index (Phi) is 6.64. The van der Waals surface area contributed by atoms with Gasteiger partial charge >= 0.3 is 0 Å². The average Bonchev–Trinajstić information content (AvgIpc) is 3.28. The lowest BCUT2D eigenvalue weighted by molar-refractivity contribution is 0.119. The van der Waals surface area contributed by atoms with E-state index >= 15 is 0 Å². The molecule has 1 N–H and O–H groups in total. The SMILES string of the molecule is CN=C(NCCn1c(C)nc2ccccc21)N(C)Cc1csc(C(C)OC)n1. The zero-order valence-electron chi connectivity index (χ0n) is 17.1. The summed E-state index contributed by atoms with van der Waals surface area (Å²) in [4.78, 5) is 15.8. The molecule has 0 fully saturated rings. The minimum Gasteiger partial charge on any atom is -0.375 e. The third kappa shape index (κ3) is 4.51. The summed E-state index contributed by atoms with van der Waals surface area (Å²) in [5.41, 5.74) is 3.21. The van der Waals surface area contributed by atoms with Crippen LogP contribution in [0.1, 0.15) is 29.6 Å². The molecule has 28 heavy (non-hydrogen) atoms. The molecule has 0 radical (unpaired) electrons. The van der Waals surface area contributed by atoms with Gasteiger partial charge in [-0.2, -0.15) is 0 Å². The number of aryl methyl sites for hydroxylation is 1. The van der Waals surface area contributed by atoms with E-state index in [1.165, 1.54) is 0 Å². The van der Waals surface area contributed by atoms with E-state index < -0.39 is 0 Å². The monoisotopic (exact) mass is 400 g/mol. The van der Waals surface area contributed by atoms with Crippen molar-refractivity contribution in [3.63, 3.8) is 0 Å². The number of ether oxygens (including phenoxy) is 1. The number of aromatic nitrogens is 3. The van der Waals surface area contributed by atoms with Crippen LogP contribution in [0.5, 0.6) is 0 Å². The van der Waals surface area contributed by atoms with E-state index in [4.69, 9.17) is 4.74 Å². The fourth-order valence-electron chi connectivity index (χ4n) is 3.14. The number of imidazole rings is 1. The van der Waals surface area contributed by atoms with Gasteiger partial charge in [-0.1, -0.05) is 12.1 Å². The molecule has 0 aliphatic rings. The lowest BCUT2D eigenvalue weighted by Crippen LogP contribution is -2.40. The number of hydrogen-bond acceptors (Lipinski definition) is 5. The van der Waals surface area contributed by atoms with Crippen molar-refractivity contribution in [2.24, 2.45) is 4.99 Å². The van der Waals surface area contributed by atoms with Gasteiger partial charge in [0.1, 0.15) is 16.9 Å². The number of thiazole rings is 1. The Balaban J connectivity index is 1.58. The highest BCUT2D eigenvalue weighted by Crippen LogP contribution is 2.21. The maximum absolute atomic E-state index is 5.34. The van der Waals surface area contributed by atoms with Crippen molar-refractivity contribution in [2.45, 2.75) is 33.0 Å². The van der Waals surface area contributed by atoms with E-state index in [9.17, 15) is 0 Å². The van der Waals surface area contributed by atoms with Gasteiger partial charge in [0, 0.05) is 39.7 Å². The lowest BCUT2D eigenvalue weighted by atomic mass is 10.3. The quantitative estimate of drug-likeness (QED) is 0.487. The van der Waals surface area contributed by atoms with Crippen molar-refractivity contribution in [2.75, 3.05) is 27.7 Å². The van der Waals surface area contributed by atoms with Crippen molar-refractivity contribution >= 4 is 28.3 Å². The Labute approximate surface area is 170 Å². The predicted octanol–water partition coefficient (Wildman–Crippen LogP) is 3.22. The first-order valence-electron chi connectivity index (χ1n) is 9.34. The minimum absolute atomic E-state index is 0.0229. The molecule has 150 valence electrons. The third-order valence-corrected chi connectivity index (χ3v) is 5.76. The van der Waals surface area contributed by atoms with E-state index in [0.29, 0.717) is 6.54 Å². The van der Waals surface area contributed by atoms with Gasteiger partial charge in [0.05, 0.1) is 23.3 Å². The molecular weight excluding hydrogens is 372 g/mol. The second kappa shape index (κ2) is 9.16. The third-order valence-electron chi connectivity index (χ3n) is 4.71. The van der Waals surface area contributed by atoms with Gasteiger partial charge < -0.3 is 19.5 Å².